The Balaban J connectivity index is 2.16. The number of nitrogens with two attached hydrogens (primary N) is 1. The molecule has 1 aliphatic rings. The summed E-state index contributed by atoms with van der Waals surface area (Å²) in [7, 11) is -1.11. The van der Waals surface area contributed by atoms with E-state index in [4.69, 9.17) is 5.73 Å². The van der Waals surface area contributed by atoms with Crippen LogP contribution in [0.25, 0.3) is 0 Å². The molecule has 1 aliphatic heterocycles. The number of hydrogen-bond donors (Lipinski definition) is 2. The number of sulfone groups is 1. The molecule has 1 fully saturated rings. The molecule has 0 aliphatic carbocycles. The van der Waals surface area contributed by atoms with Crippen molar-refractivity contribution < 1.29 is 8.42 Å². The van der Waals surface area contributed by atoms with Crippen LogP contribution in [0, 0.1) is 6.92 Å². The highest BCUT2D eigenvalue weighted by atomic mass is 32.2. The summed E-state index contributed by atoms with van der Waals surface area (Å²) in [4.78, 5) is 0. The molecule has 0 bridgehead atoms. The fourth-order valence-corrected chi connectivity index (χ4v) is 3.81. The van der Waals surface area contributed by atoms with Gasteiger partial charge in [-0.3, -0.25) is 4.68 Å². The molecule has 2 heterocycles. The van der Waals surface area contributed by atoms with Crippen molar-refractivity contribution in [3.8, 4) is 0 Å². The van der Waals surface area contributed by atoms with E-state index in [9.17, 15) is 8.42 Å². The van der Waals surface area contributed by atoms with Crippen LogP contribution in [0.2, 0.25) is 0 Å². The Bertz CT molecular complexity index is 521. The van der Waals surface area contributed by atoms with Crippen molar-refractivity contribution in [2.75, 3.05) is 22.6 Å². The molecule has 3 N–H and O–H groups in total. The number of anilines is 2. The first-order valence-corrected chi connectivity index (χ1v) is 7.47. The zero-order valence-electron chi connectivity index (χ0n) is 10.1. The number of nitrogens with one attached hydrogen (secondary N) is 1. The molecule has 17 heavy (non-hydrogen) atoms. The van der Waals surface area contributed by atoms with Crippen molar-refractivity contribution >= 4 is 21.3 Å². The molecule has 7 heteroatoms. The molecular formula is C10H18N4O2S. The Labute approximate surface area is 101 Å². The predicted octanol–water partition coefficient (Wildman–Crippen LogP) is 0.300. The molecule has 0 spiro atoms. The minimum atomic E-state index is -2.90. The van der Waals surface area contributed by atoms with Crippen molar-refractivity contribution in [3.05, 3.63) is 5.69 Å². The van der Waals surface area contributed by atoms with Gasteiger partial charge in [0.25, 0.3) is 0 Å². The van der Waals surface area contributed by atoms with E-state index in [1.54, 1.807) is 11.7 Å². The van der Waals surface area contributed by atoms with Crippen LogP contribution in [-0.4, -0.2) is 35.7 Å². The smallest absolute Gasteiger partial charge is 0.152 e. The van der Waals surface area contributed by atoms with Gasteiger partial charge in [-0.15, -0.1) is 0 Å². The fourth-order valence-electron chi connectivity index (χ4n) is 2.18. The number of hydrogen-bond acceptors (Lipinski definition) is 5. The summed E-state index contributed by atoms with van der Waals surface area (Å²) < 4.78 is 24.7. The van der Waals surface area contributed by atoms with E-state index in [0.717, 1.165) is 12.1 Å². The highest BCUT2D eigenvalue weighted by Crippen LogP contribution is 2.24. The second kappa shape index (κ2) is 4.21. The lowest BCUT2D eigenvalue weighted by Crippen LogP contribution is -2.35. The number of nitrogens with zero attached hydrogens (tertiary/aromatic N) is 2. The average Bonchev–Trinajstić information content (AvgIpc) is 2.44. The Hall–Kier alpha value is -1.24. The quantitative estimate of drug-likeness (QED) is 0.796. The van der Waals surface area contributed by atoms with Gasteiger partial charge in [0.15, 0.2) is 9.84 Å². The average molecular weight is 258 g/mol. The van der Waals surface area contributed by atoms with E-state index in [1.807, 2.05) is 6.92 Å². The zero-order valence-corrected chi connectivity index (χ0v) is 10.9. The third-order valence-electron chi connectivity index (χ3n) is 3.07. The van der Waals surface area contributed by atoms with Crippen molar-refractivity contribution in [1.29, 1.82) is 0 Å². The normalized spacial score (nSPS) is 23.5. The summed E-state index contributed by atoms with van der Waals surface area (Å²) in [5.41, 5.74) is 7.24. The molecule has 1 atom stereocenters. The summed E-state index contributed by atoms with van der Waals surface area (Å²) in [5.74, 6) is 1.19. The molecular weight excluding hydrogens is 240 g/mol. The standard InChI is InChI=1S/C10H18N4O2S/c1-7-9(11)10(14(2)13-7)12-8-4-3-5-17(15,16)6-8/h8,12H,3-6,11H2,1-2H3. The van der Waals surface area contributed by atoms with Crippen molar-refractivity contribution in [1.82, 2.24) is 9.78 Å². The molecule has 0 saturated carbocycles. The maximum absolute atomic E-state index is 11.5. The van der Waals surface area contributed by atoms with Crippen LogP contribution in [0.5, 0.6) is 0 Å². The van der Waals surface area contributed by atoms with Gasteiger partial charge in [0.1, 0.15) is 5.82 Å². The predicted molar refractivity (Wildman–Crippen MR) is 67.7 cm³/mol. The van der Waals surface area contributed by atoms with Crippen molar-refractivity contribution in [3.63, 3.8) is 0 Å². The molecule has 1 aromatic heterocycles. The summed E-state index contributed by atoms with van der Waals surface area (Å²) >= 11 is 0. The zero-order chi connectivity index (χ0) is 12.6. The van der Waals surface area contributed by atoms with Gasteiger partial charge in [-0.2, -0.15) is 5.10 Å². The van der Waals surface area contributed by atoms with Crippen LogP contribution >= 0.6 is 0 Å². The van der Waals surface area contributed by atoms with E-state index in [1.165, 1.54) is 0 Å². The molecule has 96 valence electrons. The van der Waals surface area contributed by atoms with Crippen LogP contribution in [-0.2, 0) is 16.9 Å². The van der Waals surface area contributed by atoms with Crippen molar-refractivity contribution in [2.45, 2.75) is 25.8 Å². The Kier molecular flexibility index (Phi) is 3.03. The highest BCUT2D eigenvalue weighted by Gasteiger charge is 2.26. The number of aromatic nitrogens is 2. The third-order valence-corrected chi connectivity index (χ3v) is 4.89. The molecule has 1 saturated heterocycles. The van der Waals surface area contributed by atoms with Gasteiger partial charge in [0, 0.05) is 13.1 Å². The van der Waals surface area contributed by atoms with E-state index in [-0.39, 0.29) is 11.8 Å². The molecule has 1 aromatic rings. The number of aryl methyl sites for hydroxylation is 2. The lowest BCUT2D eigenvalue weighted by molar-refractivity contribution is 0.560. The summed E-state index contributed by atoms with van der Waals surface area (Å²) in [6.07, 6.45) is 1.56. The molecule has 2 rings (SSSR count). The van der Waals surface area contributed by atoms with Crippen LogP contribution in [0.4, 0.5) is 11.5 Å². The molecule has 0 aromatic carbocycles. The Morgan fingerprint density at radius 1 is 1.53 bits per heavy atom. The second-order valence-corrected chi connectivity index (χ2v) is 6.80. The van der Waals surface area contributed by atoms with Gasteiger partial charge in [0.2, 0.25) is 0 Å². The molecule has 0 amide bonds. The van der Waals surface area contributed by atoms with Gasteiger partial charge < -0.3 is 11.1 Å². The third kappa shape index (κ3) is 2.54. The van der Waals surface area contributed by atoms with Crippen molar-refractivity contribution in [2.24, 2.45) is 7.05 Å². The summed E-state index contributed by atoms with van der Waals surface area (Å²) in [6.45, 7) is 1.83. The number of rotatable bonds is 2. The van der Waals surface area contributed by atoms with Crippen LogP contribution < -0.4 is 11.1 Å². The number of nitrogen functional groups attached to an aromatic ring is 1. The Morgan fingerprint density at radius 3 is 2.76 bits per heavy atom. The first kappa shape index (κ1) is 12.2. The van der Waals surface area contributed by atoms with E-state index in [0.29, 0.717) is 23.7 Å². The first-order chi connectivity index (χ1) is 7.89. The monoisotopic (exact) mass is 258 g/mol. The van der Waals surface area contributed by atoms with Gasteiger partial charge in [-0.25, -0.2) is 8.42 Å². The lowest BCUT2D eigenvalue weighted by Gasteiger charge is -2.24. The van der Waals surface area contributed by atoms with Crippen LogP contribution in [0.3, 0.4) is 0 Å². The van der Waals surface area contributed by atoms with Gasteiger partial charge in [-0.1, -0.05) is 0 Å². The molecule has 1 unspecified atom stereocenters. The first-order valence-electron chi connectivity index (χ1n) is 5.65. The SMILES string of the molecule is Cc1nn(C)c(NC2CCCS(=O)(=O)C2)c1N. The van der Waals surface area contributed by atoms with Gasteiger partial charge >= 0.3 is 0 Å². The van der Waals surface area contributed by atoms with E-state index < -0.39 is 9.84 Å². The topological polar surface area (TPSA) is 90.0 Å². The van der Waals surface area contributed by atoms with Gasteiger partial charge in [-0.05, 0) is 19.8 Å². The van der Waals surface area contributed by atoms with Crippen LogP contribution in [0.15, 0.2) is 0 Å². The summed E-state index contributed by atoms with van der Waals surface area (Å²) in [5, 5.41) is 7.38. The minimum Gasteiger partial charge on any atom is -0.394 e. The highest BCUT2D eigenvalue weighted by molar-refractivity contribution is 7.91. The Morgan fingerprint density at radius 2 is 2.24 bits per heavy atom. The molecule has 0 radical (unpaired) electrons. The maximum Gasteiger partial charge on any atom is 0.152 e. The second-order valence-electron chi connectivity index (χ2n) is 4.57. The van der Waals surface area contributed by atoms with Gasteiger partial charge in [0.05, 0.1) is 22.9 Å². The van der Waals surface area contributed by atoms with E-state index >= 15 is 0 Å². The maximum atomic E-state index is 11.5. The van der Waals surface area contributed by atoms with E-state index in [2.05, 4.69) is 10.4 Å². The van der Waals surface area contributed by atoms with Crippen LogP contribution in [0.1, 0.15) is 18.5 Å². The minimum absolute atomic E-state index is 0.0640. The lowest BCUT2D eigenvalue weighted by atomic mass is 10.2. The summed E-state index contributed by atoms with van der Waals surface area (Å²) in [6, 6.07) is -0.0640. The fraction of sp³-hybridized carbons (Fsp3) is 0.700. The molecule has 6 nitrogen and oxygen atoms in total. The largest absolute Gasteiger partial charge is 0.394 e.